The van der Waals surface area contributed by atoms with Crippen molar-refractivity contribution in [2.75, 3.05) is 13.7 Å². The van der Waals surface area contributed by atoms with Crippen LogP contribution < -0.4 is 10.1 Å². The van der Waals surface area contributed by atoms with Gasteiger partial charge in [-0.15, -0.1) is 0 Å². The molecule has 2 atom stereocenters. The summed E-state index contributed by atoms with van der Waals surface area (Å²) in [5.74, 6) is -2.54. The summed E-state index contributed by atoms with van der Waals surface area (Å²) in [6.07, 6.45) is -3.32. The molecular weight excluding hydrogens is 260 g/mol. The van der Waals surface area contributed by atoms with E-state index >= 15 is 0 Å². The van der Waals surface area contributed by atoms with Crippen molar-refractivity contribution in [3.63, 3.8) is 0 Å². The van der Waals surface area contributed by atoms with Crippen molar-refractivity contribution in [2.24, 2.45) is 0 Å². The number of amides is 1. The molecule has 0 saturated carbocycles. The Morgan fingerprint density at radius 1 is 1.37 bits per heavy atom. The molecule has 0 heterocycles. The molecule has 0 aliphatic carbocycles. The van der Waals surface area contributed by atoms with Crippen LogP contribution in [-0.2, 0) is 4.79 Å². The average Bonchev–Trinajstić information content (AvgIpc) is 2.34. The zero-order valence-corrected chi connectivity index (χ0v) is 10.5. The molecular formula is C12H15F2NO4. The van der Waals surface area contributed by atoms with E-state index in [9.17, 15) is 23.8 Å². The largest absolute Gasteiger partial charge is 0.497 e. The topological polar surface area (TPSA) is 78.8 Å². The van der Waals surface area contributed by atoms with Crippen molar-refractivity contribution in [3.8, 4) is 5.75 Å². The summed E-state index contributed by atoms with van der Waals surface area (Å²) in [4.78, 5) is 10.7. The zero-order valence-electron chi connectivity index (χ0n) is 10.5. The van der Waals surface area contributed by atoms with E-state index in [1.165, 1.54) is 14.0 Å². The first-order valence-corrected chi connectivity index (χ1v) is 5.50. The minimum absolute atomic E-state index is 0.0395. The van der Waals surface area contributed by atoms with Gasteiger partial charge in [0.25, 0.3) is 0 Å². The van der Waals surface area contributed by atoms with Crippen LogP contribution in [0.15, 0.2) is 12.1 Å². The van der Waals surface area contributed by atoms with Crippen LogP contribution in [0.1, 0.15) is 18.6 Å². The highest BCUT2D eigenvalue weighted by molar-refractivity contribution is 5.72. The predicted octanol–water partition coefficient (Wildman–Crippen LogP) is 0.504. The number of halogens is 2. The molecule has 0 fully saturated rings. The standard InChI is InChI=1S/C12H15F2NO4/c1-6(16)15-5-10(17)12(18)11-8(13)3-7(19-2)4-9(11)14/h3-4,10,12,17-18H,5H2,1-2H3,(H,15,16). The Bertz CT molecular complexity index is 444. The fourth-order valence-electron chi connectivity index (χ4n) is 1.51. The highest BCUT2D eigenvalue weighted by Gasteiger charge is 2.26. The molecule has 1 aromatic rings. The van der Waals surface area contributed by atoms with Crippen molar-refractivity contribution >= 4 is 5.91 Å². The molecule has 3 N–H and O–H groups in total. The number of aliphatic hydroxyl groups excluding tert-OH is 2. The summed E-state index contributed by atoms with van der Waals surface area (Å²) in [5.41, 5.74) is -0.668. The Balaban J connectivity index is 2.92. The molecule has 7 heteroatoms. The molecule has 19 heavy (non-hydrogen) atoms. The van der Waals surface area contributed by atoms with E-state index in [1.807, 2.05) is 0 Å². The van der Waals surface area contributed by atoms with E-state index in [0.717, 1.165) is 12.1 Å². The molecule has 0 bridgehead atoms. The summed E-state index contributed by atoms with van der Waals surface area (Å²) in [6, 6.07) is 1.79. The first-order chi connectivity index (χ1) is 8.86. The fraction of sp³-hybridized carbons (Fsp3) is 0.417. The van der Waals surface area contributed by atoms with Gasteiger partial charge in [-0.2, -0.15) is 0 Å². The van der Waals surface area contributed by atoms with Gasteiger partial charge in [0.2, 0.25) is 5.91 Å². The molecule has 0 saturated heterocycles. The van der Waals surface area contributed by atoms with Crippen LogP contribution in [0, 0.1) is 11.6 Å². The van der Waals surface area contributed by atoms with Gasteiger partial charge in [-0.25, -0.2) is 8.78 Å². The fourth-order valence-corrected chi connectivity index (χ4v) is 1.51. The van der Waals surface area contributed by atoms with Crippen LogP contribution in [0.25, 0.3) is 0 Å². The van der Waals surface area contributed by atoms with Gasteiger partial charge in [-0.1, -0.05) is 0 Å². The van der Waals surface area contributed by atoms with Crippen molar-refractivity contribution in [1.82, 2.24) is 5.32 Å². The van der Waals surface area contributed by atoms with Crippen LogP contribution in [0.4, 0.5) is 8.78 Å². The molecule has 0 aliphatic heterocycles. The van der Waals surface area contributed by atoms with E-state index in [0.29, 0.717) is 0 Å². The number of ether oxygens (including phenoxy) is 1. The van der Waals surface area contributed by atoms with Crippen LogP contribution >= 0.6 is 0 Å². The van der Waals surface area contributed by atoms with E-state index in [2.05, 4.69) is 10.1 Å². The van der Waals surface area contributed by atoms with Crippen molar-refractivity contribution < 1.29 is 28.5 Å². The number of methoxy groups -OCH3 is 1. The summed E-state index contributed by atoms with van der Waals surface area (Å²) < 4.78 is 31.9. The first-order valence-electron chi connectivity index (χ1n) is 5.50. The maximum atomic E-state index is 13.6. The zero-order chi connectivity index (χ0) is 14.6. The smallest absolute Gasteiger partial charge is 0.216 e. The molecule has 1 aromatic carbocycles. The van der Waals surface area contributed by atoms with E-state index in [1.54, 1.807) is 0 Å². The molecule has 2 unspecified atom stereocenters. The number of nitrogens with one attached hydrogen (secondary N) is 1. The van der Waals surface area contributed by atoms with E-state index < -0.39 is 35.3 Å². The molecule has 0 radical (unpaired) electrons. The lowest BCUT2D eigenvalue weighted by atomic mass is 10.0. The highest BCUT2D eigenvalue weighted by Crippen LogP contribution is 2.27. The number of hydrogen-bond acceptors (Lipinski definition) is 4. The third-order valence-electron chi connectivity index (χ3n) is 2.51. The Labute approximate surface area is 108 Å². The van der Waals surface area contributed by atoms with Crippen LogP contribution in [-0.4, -0.2) is 35.9 Å². The van der Waals surface area contributed by atoms with Gasteiger partial charge in [0.05, 0.1) is 12.7 Å². The summed E-state index contributed by atoms with van der Waals surface area (Å²) in [6.45, 7) is 0.898. The van der Waals surface area contributed by atoms with Gasteiger partial charge in [-0.05, 0) is 0 Å². The van der Waals surface area contributed by atoms with Crippen LogP contribution in [0.2, 0.25) is 0 Å². The molecule has 1 amide bonds. The number of carbonyl (C=O) groups is 1. The average molecular weight is 275 g/mol. The second-order valence-corrected chi connectivity index (χ2v) is 3.95. The third-order valence-corrected chi connectivity index (χ3v) is 2.51. The molecule has 0 aliphatic rings. The molecule has 0 aromatic heterocycles. The van der Waals surface area contributed by atoms with Gasteiger partial charge in [-0.3, -0.25) is 4.79 Å². The monoisotopic (exact) mass is 275 g/mol. The second kappa shape index (κ2) is 6.44. The minimum Gasteiger partial charge on any atom is -0.497 e. The lowest BCUT2D eigenvalue weighted by Crippen LogP contribution is -2.34. The first kappa shape index (κ1) is 15.3. The summed E-state index contributed by atoms with van der Waals surface area (Å²) >= 11 is 0. The van der Waals surface area contributed by atoms with Gasteiger partial charge in [0.15, 0.2) is 0 Å². The highest BCUT2D eigenvalue weighted by atomic mass is 19.1. The Morgan fingerprint density at radius 3 is 2.32 bits per heavy atom. The third kappa shape index (κ3) is 3.87. The number of hydrogen-bond donors (Lipinski definition) is 3. The molecule has 0 spiro atoms. The van der Waals surface area contributed by atoms with Gasteiger partial charge in [0.1, 0.15) is 29.6 Å². The van der Waals surface area contributed by atoms with Gasteiger partial charge < -0.3 is 20.3 Å². The predicted molar refractivity (Wildman–Crippen MR) is 62.6 cm³/mol. The number of carbonyl (C=O) groups excluding carboxylic acids is 1. The number of benzene rings is 1. The lowest BCUT2D eigenvalue weighted by molar-refractivity contribution is -0.119. The quantitative estimate of drug-likeness (QED) is 0.731. The van der Waals surface area contributed by atoms with Crippen LogP contribution in [0.5, 0.6) is 5.75 Å². The van der Waals surface area contributed by atoms with Crippen molar-refractivity contribution in [2.45, 2.75) is 19.1 Å². The molecule has 1 rings (SSSR count). The van der Waals surface area contributed by atoms with Crippen LogP contribution in [0.3, 0.4) is 0 Å². The number of aliphatic hydroxyl groups is 2. The SMILES string of the molecule is COc1cc(F)c(C(O)C(O)CNC(C)=O)c(F)c1. The minimum atomic E-state index is -1.79. The number of rotatable bonds is 5. The maximum Gasteiger partial charge on any atom is 0.216 e. The lowest BCUT2D eigenvalue weighted by Gasteiger charge is -2.19. The maximum absolute atomic E-state index is 13.6. The van der Waals surface area contributed by atoms with E-state index in [4.69, 9.17) is 0 Å². The van der Waals surface area contributed by atoms with Crippen molar-refractivity contribution in [3.05, 3.63) is 29.3 Å². The summed E-state index contributed by atoms with van der Waals surface area (Å²) in [7, 11) is 1.25. The summed E-state index contributed by atoms with van der Waals surface area (Å²) in [5, 5.41) is 21.5. The van der Waals surface area contributed by atoms with Gasteiger partial charge in [0, 0.05) is 25.6 Å². The Kier molecular flexibility index (Phi) is 5.20. The van der Waals surface area contributed by atoms with Crippen molar-refractivity contribution in [1.29, 1.82) is 0 Å². The van der Waals surface area contributed by atoms with Gasteiger partial charge >= 0.3 is 0 Å². The Morgan fingerprint density at radius 2 is 1.89 bits per heavy atom. The molecule has 106 valence electrons. The Hall–Kier alpha value is -1.73. The van der Waals surface area contributed by atoms with E-state index in [-0.39, 0.29) is 12.3 Å². The molecule has 5 nitrogen and oxygen atoms in total. The normalized spacial score (nSPS) is 13.8. The second-order valence-electron chi connectivity index (χ2n) is 3.95.